The predicted molar refractivity (Wildman–Crippen MR) is 80.9 cm³/mol. The molecule has 110 valence electrons. The third-order valence-electron chi connectivity index (χ3n) is 4.58. The summed E-state index contributed by atoms with van der Waals surface area (Å²) in [5.74, 6) is -1.22. The van der Waals surface area contributed by atoms with Gasteiger partial charge in [-0.15, -0.1) is 0 Å². The minimum Gasteiger partial charge on any atom is -0.481 e. The van der Waals surface area contributed by atoms with Crippen LogP contribution in [0.3, 0.4) is 0 Å². The first-order valence-corrected chi connectivity index (χ1v) is 7.52. The van der Waals surface area contributed by atoms with E-state index in [4.69, 9.17) is 0 Å². The fourth-order valence-corrected chi connectivity index (χ4v) is 3.17. The van der Waals surface area contributed by atoms with Crippen LogP contribution in [-0.2, 0) is 4.79 Å². The van der Waals surface area contributed by atoms with Crippen LogP contribution in [0.15, 0.2) is 30.3 Å². The van der Waals surface area contributed by atoms with Crippen LogP contribution in [0.1, 0.15) is 51.0 Å². The lowest BCUT2D eigenvalue weighted by atomic mass is 9.73. The van der Waals surface area contributed by atoms with Crippen molar-refractivity contribution >= 4 is 5.97 Å². The van der Waals surface area contributed by atoms with Crippen molar-refractivity contribution in [3.8, 4) is 0 Å². The van der Waals surface area contributed by atoms with E-state index in [0.29, 0.717) is 12.6 Å². The van der Waals surface area contributed by atoms with Crippen molar-refractivity contribution in [2.45, 2.75) is 51.5 Å². The molecular formula is C17H25NO2. The highest BCUT2D eigenvalue weighted by Crippen LogP contribution is 2.35. The van der Waals surface area contributed by atoms with Crippen LogP contribution in [0.25, 0.3) is 0 Å². The quantitative estimate of drug-likeness (QED) is 0.865. The van der Waals surface area contributed by atoms with Crippen LogP contribution >= 0.6 is 0 Å². The van der Waals surface area contributed by atoms with Gasteiger partial charge in [0.05, 0.1) is 5.92 Å². The molecule has 1 aliphatic rings. The molecule has 1 aliphatic carbocycles. The number of nitrogens with one attached hydrogen (secondary N) is 1. The van der Waals surface area contributed by atoms with Crippen LogP contribution in [0.5, 0.6) is 0 Å². The summed E-state index contributed by atoms with van der Waals surface area (Å²) in [4.78, 5) is 11.5. The average Bonchev–Trinajstić information content (AvgIpc) is 2.41. The fraction of sp³-hybridized carbons (Fsp3) is 0.588. The summed E-state index contributed by atoms with van der Waals surface area (Å²) in [6.45, 7) is 5.07. The molecule has 1 aromatic rings. The zero-order valence-electron chi connectivity index (χ0n) is 12.4. The molecule has 0 radical (unpaired) electrons. The van der Waals surface area contributed by atoms with Gasteiger partial charge in [-0.2, -0.15) is 0 Å². The number of carboxylic acid groups (broad SMARTS) is 1. The van der Waals surface area contributed by atoms with E-state index in [1.165, 1.54) is 19.3 Å². The molecule has 3 nitrogen and oxygen atoms in total. The number of aliphatic carboxylic acids is 1. The molecule has 2 N–H and O–H groups in total. The van der Waals surface area contributed by atoms with Gasteiger partial charge in [0.2, 0.25) is 0 Å². The van der Waals surface area contributed by atoms with Crippen molar-refractivity contribution in [1.29, 1.82) is 0 Å². The van der Waals surface area contributed by atoms with Gasteiger partial charge in [0.15, 0.2) is 0 Å². The number of hydrogen-bond donors (Lipinski definition) is 2. The van der Waals surface area contributed by atoms with E-state index in [-0.39, 0.29) is 5.41 Å². The molecule has 1 fully saturated rings. The molecule has 2 rings (SSSR count). The van der Waals surface area contributed by atoms with E-state index >= 15 is 0 Å². The molecule has 0 heterocycles. The molecule has 0 aliphatic heterocycles. The van der Waals surface area contributed by atoms with Crippen LogP contribution in [0.2, 0.25) is 0 Å². The summed E-state index contributed by atoms with van der Waals surface area (Å²) < 4.78 is 0. The van der Waals surface area contributed by atoms with E-state index in [1.54, 1.807) is 0 Å². The standard InChI is InChI=1S/C17H25NO2/c1-17(2)11-7-6-10-15(17)18-12-14(16(19)20)13-8-4-3-5-9-13/h3-5,8-9,14-15,18H,6-7,10-12H2,1-2H3,(H,19,20). The predicted octanol–water partition coefficient (Wildman–Crippen LogP) is 3.41. The van der Waals surface area contributed by atoms with Crippen LogP contribution in [0, 0.1) is 5.41 Å². The zero-order chi connectivity index (χ0) is 14.6. The monoisotopic (exact) mass is 275 g/mol. The minimum atomic E-state index is -0.752. The zero-order valence-corrected chi connectivity index (χ0v) is 12.4. The number of carboxylic acids is 1. The lowest BCUT2D eigenvalue weighted by Gasteiger charge is -2.39. The molecule has 0 amide bonds. The molecular weight excluding hydrogens is 250 g/mol. The topological polar surface area (TPSA) is 49.3 Å². The van der Waals surface area contributed by atoms with Gasteiger partial charge in [-0.1, -0.05) is 57.0 Å². The molecule has 0 saturated heterocycles. The van der Waals surface area contributed by atoms with E-state index in [2.05, 4.69) is 19.2 Å². The molecule has 3 heteroatoms. The normalized spacial score (nSPS) is 23.2. The third kappa shape index (κ3) is 3.60. The van der Waals surface area contributed by atoms with Gasteiger partial charge in [0, 0.05) is 12.6 Å². The number of carbonyl (C=O) groups is 1. The maximum atomic E-state index is 11.5. The molecule has 0 aromatic heterocycles. The van der Waals surface area contributed by atoms with Crippen LogP contribution in [0.4, 0.5) is 0 Å². The Hall–Kier alpha value is -1.35. The Bertz CT molecular complexity index is 442. The molecule has 1 saturated carbocycles. The van der Waals surface area contributed by atoms with E-state index in [9.17, 15) is 9.90 Å². The number of hydrogen-bond acceptors (Lipinski definition) is 2. The Morgan fingerprint density at radius 1 is 1.35 bits per heavy atom. The summed E-state index contributed by atoms with van der Waals surface area (Å²) >= 11 is 0. The first kappa shape index (κ1) is 15.0. The third-order valence-corrected chi connectivity index (χ3v) is 4.58. The highest BCUT2D eigenvalue weighted by atomic mass is 16.4. The Morgan fingerprint density at radius 3 is 2.65 bits per heavy atom. The maximum Gasteiger partial charge on any atom is 0.312 e. The SMILES string of the molecule is CC1(C)CCCCC1NCC(C(=O)O)c1ccccc1. The highest BCUT2D eigenvalue weighted by Gasteiger charge is 2.32. The summed E-state index contributed by atoms with van der Waals surface area (Å²) in [5.41, 5.74) is 1.14. The smallest absolute Gasteiger partial charge is 0.312 e. The summed E-state index contributed by atoms with van der Waals surface area (Å²) in [5, 5.41) is 13.0. The molecule has 2 unspecified atom stereocenters. The minimum absolute atomic E-state index is 0.262. The Morgan fingerprint density at radius 2 is 2.05 bits per heavy atom. The van der Waals surface area contributed by atoms with Gasteiger partial charge in [0.1, 0.15) is 0 Å². The van der Waals surface area contributed by atoms with Gasteiger partial charge < -0.3 is 10.4 Å². The van der Waals surface area contributed by atoms with Gasteiger partial charge in [-0.05, 0) is 23.8 Å². The highest BCUT2D eigenvalue weighted by molar-refractivity contribution is 5.76. The molecule has 0 bridgehead atoms. The maximum absolute atomic E-state index is 11.5. The molecule has 20 heavy (non-hydrogen) atoms. The Labute approximate surface area is 121 Å². The van der Waals surface area contributed by atoms with Gasteiger partial charge in [-0.25, -0.2) is 0 Å². The summed E-state index contributed by atoms with van der Waals surface area (Å²) in [6, 6.07) is 9.92. The second kappa shape index (κ2) is 6.40. The largest absolute Gasteiger partial charge is 0.481 e. The molecule has 2 atom stereocenters. The van der Waals surface area contributed by atoms with Crippen molar-refractivity contribution in [2.24, 2.45) is 5.41 Å². The van der Waals surface area contributed by atoms with Gasteiger partial charge >= 0.3 is 5.97 Å². The summed E-state index contributed by atoms with van der Waals surface area (Å²) in [6.07, 6.45) is 4.89. The van der Waals surface area contributed by atoms with Crippen molar-refractivity contribution in [2.75, 3.05) is 6.54 Å². The van der Waals surface area contributed by atoms with E-state index in [0.717, 1.165) is 12.0 Å². The fourth-order valence-electron chi connectivity index (χ4n) is 3.17. The summed E-state index contributed by atoms with van der Waals surface area (Å²) in [7, 11) is 0. The molecule has 1 aromatic carbocycles. The van der Waals surface area contributed by atoms with Gasteiger partial charge in [-0.3, -0.25) is 4.79 Å². The lowest BCUT2D eigenvalue weighted by molar-refractivity contribution is -0.138. The first-order valence-electron chi connectivity index (χ1n) is 7.52. The lowest BCUT2D eigenvalue weighted by Crippen LogP contribution is -2.46. The second-order valence-corrected chi connectivity index (χ2v) is 6.50. The van der Waals surface area contributed by atoms with Crippen molar-refractivity contribution < 1.29 is 9.90 Å². The van der Waals surface area contributed by atoms with Gasteiger partial charge in [0.25, 0.3) is 0 Å². The van der Waals surface area contributed by atoms with Crippen LogP contribution in [-0.4, -0.2) is 23.7 Å². The molecule has 0 spiro atoms. The average molecular weight is 275 g/mol. The first-order chi connectivity index (χ1) is 9.50. The van der Waals surface area contributed by atoms with E-state index in [1.807, 2.05) is 30.3 Å². The Balaban J connectivity index is 2.01. The van der Waals surface area contributed by atoms with Crippen LogP contribution < -0.4 is 5.32 Å². The van der Waals surface area contributed by atoms with E-state index < -0.39 is 11.9 Å². The van der Waals surface area contributed by atoms with Crippen molar-refractivity contribution in [3.63, 3.8) is 0 Å². The van der Waals surface area contributed by atoms with Crippen molar-refractivity contribution in [1.82, 2.24) is 5.32 Å². The van der Waals surface area contributed by atoms with Crippen molar-refractivity contribution in [3.05, 3.63) is 35.9 Å². The Kier molecular flexibility index (Phi) is 4.81. The number of benzene rings is 1. The second-order valence-electron chi connectivity index (χ2n) is 6.50. The number of rotatable bonds is 5.